The van der Waals surface area contributed by atoms with Crippen molar-refractivity contribution in [3.05, 3.63) is 88.7 Å². The second kappa shape index (κ2) is 12.0. The van der Waals surface area contributed by atoms with E-state index in [0.717, 1.165) is 23.1 Å². The van der Waals surface area contributed by atoms with Crippen LogP contribution >= 0.6 is 23.5 Å². The molecule has 1 aromatic heterocycles. The molecule has 0 saturated heterocycles. The highest BCUT2D eigenvalue weighted by molar-refractivity contribution is 8.00. The van der Waals surface area contributed by atoms with Crippen LogP contribution in [0.5, 0.6) is 5.75 Å². The summed E-state index contributed by atoms with van der Waals surface area (Å²) < 4.78 is 31.9. The number of rotatable bonds is 10. The van der Waals surface area contributed by atoms with Gasteiger partial charge >= 0.3 is 0 Å². The van der Waals surface area contributed by atoms with Crippen molar-refractivity contribution in [1.82, 2.24) is 14.9 Å². The number of fused-ring (bicyclic) bond motifs is 1. The van der Waals surface area contributed by atoms with Crippen LogP contribution in [-0.2, 0) is 11.2 Å². The van der Waals surface area contributed by atoms with Crippen molar-refractivity contribution in [2.75, 3.05) is 19.4 Å². The van der Waals surface area contributed by atoms with Gasteiger partial charge in [-0.15, -0.1) is 0 Å². The van der Waals surface area contributed by atoms with Gasteiger partial charge < -0.3 is 10.1 Å². The average Bonchev–Trinajstić information content (AvgIpc) is 2.88. The summed E-state index contributed by atoms with van der Waals surface area (Å²) in [5.41, 5.74) is 1.78. The number of carbonyl (C=O) groups is 1. The highest BCUT2D eigenvalue weighted by atomic mass is 32.2. The van der Waals surface area contributed by atoms with Crippen molar-refractivity contribution in [1.29, 1.82) is 0 Å². The van der Waals surface area contributed by atoms with E-state index in [-0.39, 0.29) is 17.2 Å². The van der Waals surface area contributed by atoms with E-state index in [2.05, 4.69) is 10.3 Å². The molecule has 0 unspecified atom stereocenters. The molecular formula is C26H23F2N3O3S2. The Labute approximate surface area is 215 Å². The molecule has 4 aromatic rings. The Hall–Kier alpha value is -3.37. The number of halogens is 2. The summed E-state index contributed by atoms with van der Waals surface area (Å²) in [6.07, 6.45) is 0.669. The summed E-state index contributed by atoms with van der Waals surface area (Å²) in [5, 5.41) is 3.66. The monoisotopic (exact) mass is 527 g/mol. The molecule has 10 heteroatoms. The van der Waals surface area contributed by atoms with Crippen LogP contribution in [0.1, 0.15) is 5.56 Å². The smallest absolute Gasteiger partial charge is 0.288 e. The number of nitrogens with zero attached hydrogens (tertiary/aromatic N) is 2. The molecule has 1 amide bonds. The van der Waals surface area contributed by atoms with Crippen LogP contribution in [0.2, 0.25) is 0 Å². The number of ether oxygens (including phenoxy) is 1. The number of aromatic nitrogens is 2. The van der Waals surface area contributed by atoms with E-state index in [0.29, 0.717) is 51.4 Å². The van der Waals surface area contributed by atoms with Gasteiger partial charge in [0, 0.05) is 11.4 Å². The third-order valence-electron chi connectivity index (χ3n) is 5.29. The van der Waals surface area contributed by atoms with Crippen LogP contribution in [0.15, 0.2) is 87.6 Å². The highest BCUT2D eigenvalue weighted by Gasteiger charge is 2.15. The lowest BCUT2D eigenvalue weighted by Crippen LogP contribution is -2.28. The molecule has 4 rings (SSSR count). The van der Waals surface area contributed by atoms with Crippen molar-refractivity contribution >= 4 is 40.3 Å². The van der Waals surface area contributed by atoms with Gasteiger partial charge in [-0.25, -0.2) is 4.98 Å². The van der Waals surface area contributed by atoms with E-state index < -0.39 is 5.76 Å². The minimum Gasteiger partial charge on any atom is -0.497 e. The number of benzene rings is 3. The van der Waals surface area contributed by atoms with Crippen molar-refractivity contribution < 1.29 is 18.3 Å². The first-order valence-electron chi connectivity index (χ1n) is 11.0. The molecule has 6 nitrogen and oxygen atoms in total. The SMILES string of the molecule is COc1ccc(CCNC(=O)CSc2nc3ccccc3c(=O)n2-c2ccc(SC(F)F)cc2)cc1. The van der Waals surface area contributed by atoms with Gasteiger partial charge in [0.2, 0.25) is 5.91 Å². The molecule has 36 heavy (non-hydrogen) atoms. The maximum Gasteiger partial charge on any atom is 0.288 e. The Morgan fingerprint density at radius 2 is 1.78 bits per heavy atom. The molecule has 0 spiro atoms. The molecule has 0 fully saturated rings. The Morgan fingerprint density at radius 1 is 1.06 bits per heavy atom. The number of hydrogen-bond acceptors (Lipinski definition) is 6. The number of hydrogen-bond donors (Lipinski definition) is 1. The molecule has 0 radical (unpaired) electrons. The number of thioether (sulfide) groups is 2. The zero-order valence-corrected chi connectivity index (χ0v) is 21.0. The van der Waals surface area contributed by atoms with Gasteiger partial charge in [0.25, 0.3) is 11.3 Å². The third-order valence-corrected chi connectivity index (χ3v) is 6.95. The molecule has 0 aliphatic carbocycles. The van der Waals surface area contributed by atoms with Crippen molar-refractivity contribution in [3.8, 4) is 11.4 Å². The summed E-state index contributed by atoms with van der Waals surface area (Å²) in [6, 6.07) is 20.9. The fourth-order valence-corrected chi connectivity index (χ4v) is 4.87. The van der Waals surface area contributed by atoms with Crippen molar-refractivity contribution in [3.63, 3.8) is 0 Å². The van der Waals surface area contributed by atoms with Crippen LogP contribution in [0.3, 0.4) is 0 Å². The summed E-state index contributed by atoms with van der Waals surface area (Å²) in [4.78, 5) is 30.8. The van der Waals surface area contributed by atoms with E-state index >= 15 is 0 Å². The number of alkyl halides is 2. The maximum absolute atomic E-state index is 13.3. The molecule has 0 aliphatic rings. The Kier molecular flexibility index (Phi) is 8.61. The third kappa shape index (κ3) is 6.44. The van der Waals surface area contributed by atoms with Gasteiger partial charge in [0.1, 0.15) is 5.75 Å². The highest BCUT2D eigenvalue weighted by Crippen LogP contribution is 2.27. The summed E-state index contributed by atoms with van der Waals surface area (Å²) >= 11 is 1.58. The van der Waals surface area contributed by atoms with Crippen molar-refractivity contribution in [2.24, 2.45) is 0 Å². The number of para-hydroxylation sites is 1. The Bertz CT molecular complexity index is 1390. The zero-order chi connectivity index (χ0) is 25.5. The van der Waals surface area contributed by atoms with Crippen LogP contribution in [0.25, 0.3) is 16.6 Å². The lowest BCUT2D eigenvalue weighted by Gasteiger charge is -2.14. The molecule has 3 aromatic carbocycles. The number of nitrogens with one attached hydrogen (secondary N) is 1. The summed E-state index contributed by atoms with van der Waals surface area (Å²) in [5.74, 6) is -1.89. The first kappa shape index (κ1) is 25.7. The number of amides is 1. The van der Waals surface area contributed by atoms with Gasteiger partial charge in [-0.05, 0) is 60.5 Å². The standard InChI is InChI=1S/C26H23F2N3O3S2/c1-34-19-10-6-17(7-11-19)14-15-29-23(32)16-35-26-30-22-5-3-2-4-21(22)24(33)31(26)18-8-12-20(13-9-18)36-25(27)28/h2-13,25H,14-16H2,1H3,(H,29,32). The molecular weight excluding hydrogens is 504 g/mol. The van der Waals surface area contributed by atoms with E-state index in [1.807, 2.05) is 24.3 Å². The van der Waals surface area contributed by atoms with Crippen molar-refractivity contribution in [2.45, 2.75) is 22.2 Å². The van der Waals surface area contributed by atoms with Crippen LogP contribution in [0, 0.1) is 0 Å². The van der Waals surface area contributed by atoms with Crippen LogP contribution in [0.4, 0.5) is 8.78 Å². The molecule has 186 valence electrons. The van der Waals surface area contributed by atoms with E-state index in [9.17, 15) is 18.4 Å². The largest absolute Gasteiger partial charge is 0.497 e. The van der Waals surface area contributed by atoms with Crippen LogP contribution in [-0.4, -0.2) is 40.6 Å². The first-order valence-corrected chi connectivity index (χ1v) is 12.9. The predicted octanol–water partition coefficient (Wildman–Crippen LogP) is 5.16. The fourth-order valence-electron chi connectivity index (χ4n) is 3.53. The molecule has 1 N–H and O–H groups in total. The van der Waals surface area contributed by atoms with Gasteiger partial charge in [-0.1, -0.05) is 47.8 Å². The lowest BCUT2D eigenvalue weighted by atomic mass is 10.1. The summed E-state index contributed by atoms with van der Waals surface area (Å²) in [7, 11) is 1.61. The Balaban J connectivity index is 1.49. The molecule has 0 saturated carbocycles. The van der Waals surface area contributed by atoms with Crippen LogP contribution < -0.4 is 15.6 Å². The number of carbonyl (C=O) groups excluding carboxylic acids is 1. The Morgan fingerprint density at radius 3 is 2.47 bits per heavy atom. The molecule has 0 aliphatic heterocycles. The second-order valence-corrected chi connectivity index (χ2v) is 9.67. The minimum absolute atomic E-state index is 0.0622. The average molecular weight is 528 g/mol. The first-order chi connectivity index (χ1) is 17.4. The van der Waals surface area contributed by atoms with Gasteiger partial charge in [0.05, 0.1) is 29.5 Å². The maximum atomic E-state index is 13.3. The van der Waals surface area contributed by atoms with Gasteiger partial charge in [-0.2, -0.15) is 8.78 Å². The molecule has 1 heterocycles. The topological polar surface area (TPSA) is 73.2 Å². The number of methoxy groups -OCH3 is 1. The fraction of sp³-hybridized carbons (Fsp3) is 0.192. The van der Waals surface area contributed by atoms with Gasteiger partial charge in [-0.3, -0.25) is 14.2 Å². The zero-order valence-electron chi connectivity index (χ0n) is 19.3. The predicted molar refractivity (Wildman–Crippen MR) is 140 cm³/mol. The normalized spacial score (nSPS) is 11.1. The summed E-state index contributed by atoms with van der Waals surface area (Å²) in [6.45, 7) is 0.465. The van der Waals surface area contributed by atoms with E-state index in [1.54, 1.807) is 43.5 Å². The van der Waals surface area contributed by atoms with Gasteiger partial charge in [0.15, 0.2) is 5.16 Å². The second-order valence-electron chi connectivity index (χ2n) is 7.66. The quantitative estimate of drug-likeness (QED) is 0.227. The lowest BCUT2D eigenvalue weighted by molar-refractivity contribution is -0.118. The van der Waals surface area contributed by atoms with E-state index in [4.69, 9.17) is 4.74 Å². The molecule has 0 bridgehead atoms. The molecule has 0 atom stereocenters. The minimum atomic E-state index is -2.53. The van der Waals surface area contributed by atoms with E-state index in [1.165, 1.54) is 16.7 Å².